The number of aryl methyl sites for hydroxylation is 2. The average molecular weight is 983 g/mol. The van der Waals surface area contributed by atoms with Gasteiger partial charge in [-0.05, 0) is 90.1 Å². The SMILES string of the molecule is Cc1ccc2c(c1)c1cc(C)c(-n3c4ccc(-c5ccccc5)cc4c4cccnc43)[c-]c1n2-c1[c-]c(C2=N[C@](C)(C(C)(C)C)CN2C2CCCCC2)cc(C(C)(C)C)c1.[Pt+2]. The van der Waals surface area contributed by atoms with Crippen LogP contribution in [0.3, 0.4) is 0 Å². The second kappa shape index (κ2) is 15.1. The zero-order valence-electron chi connectivity index (χ0n) is 37.2. The summed E-state index contributed by atoms with van der Waals surface area (Å²) in [6, 6.07) is 44.3. The maximum atomic E-state index is 5.73. The summed E-state index contributed by atoms with van der Waals surface area (Å²) in [5.74, 6) is 1.11. The van der Waals surface area contributed by atoms with E-state index in [4.69, 9.17) is 9.98 Å². The molecule has 1 saturated carbocycles. The van der Waals surface area contributed by atoms with Gasteiger partial charge in [0.25, 0.3) is 0 Å². The Labute approximate surface area is 376 Å². The Morgan fingerprint density at radius 2 is 1.41 bits per heavy atom. The first kappa shape index (κ1) is 41.4. The van der Waals surface area contributed by atoms with E-state index in [0.717, 1.165) is 62.5 Å². The van der Waals surface area contributed by atoms with Crippen LogP contribution >= 0.6 is 0 Å². The standard InChI is InChI=1S/C55H57N5.Pt/c1-35-22-24-47-44(27-35)45-28-36(2)49(60-48-25-23-38(37-17-12-10-13-18-37)31-46(48)43-21-16-26-56-52(43)60)33-50(45)59(47)42-30-39(29-40(32-42)53(3,4)5)51-57-55(9,54(6,7)8)34-58(51)41-19-14-11-15-20-41;/h10,12-13,16-18,21-29,31-32,41H,11,14-15,19-20,34H2,1-9H3;/q-2;+2/t55-;/m0./s1. The van der Waals surface area contributed by atoms with E-state index in [1.54, 1.807) is 0 Å². The first-order valence-corrected chi connectivity index (χ1v) is 22.1. The topological polar surface area (TPSA) is 38.4 Å². The fourth-order valence-corrected chi connectivity index (χ4v) is 9.84. The molecule has 0 saturated heterocycles. The Bertz CT molecular complexity index is 3000. The van der Waals surface area contributed by atoms with Gasteiger partial charge >= 0.3 is 21.1 Å². The Morgan fingerprint density at radius 3 is 2.15 bits per heavy atom. The van der Waals surface area contributed by atoms with Gasteiger partial charge in [0.15, 0.2) is 0 Å². The van der Waals surface area contributed by atoms with Crippen molar-refractivity contribution in [1.82, 2.24) is 19.0 Å². The number of nitrogens with zero attached hydrogens (tertiary/aromatic N) is 5. The molecule has 0 spiro atoms. The predicted molar refractivity (Wildman–Crippen MR) is 252 cm³/mol. The molecule has 4 heterocycles. The van der Waals surface area contributed by atoms with Crippen molar-refractivity contribution >= 4 is 49.6 Å². The second-order valence-corrected chi connectivity index (χ2v) is 20.0. The minimum Gasteiger partial charge on any atom is -0.391 e. The summed E-state index contributed by atoms with van der Waals surface area (Å²) in [6.07, 6.45) is 8.25. The maximum Gasteiger partial charge on any atom is 2.00 e. The molecule has 5 nitrogen and oxygen atoms in total. The summed E-state index contributed by atoms with van der Waals surface area (Å²) in [4.78, 5) is 13.4. The molecule has 5 aromatic carbocycles. The quantitative estimate of drug-likeness (QED) is 0.161. The molecule has 3 aromatic heterocycles. The number of fused-ring (bicyclic) bond motifs is 6. The molecule has 312 valence electrons. The molecule has 0 radical (unpaired) electrons. The number of pyridine rings is 1. The Kier molecular flexibility index (Phi) is 10.3. The third kappa shape index (κ3) is 6.96. The molecule has 1 atom stereocenters. The number of benzene rings is 5. The first-order chi connectivity index (χ1) is 28.7. The number of hydrogen-bond donors (Lipinski definition) is 0. The molecule has 8 aromatic rings. The van der Waals surface area contributed by atoms with Crippen LogP contribution in [-0.4, -0.2) is 43.0 Å². The average Bonchev–Trinajstić information content (AvgIpc) is 3.88. The van der Waals surface area contributed by atoms with Crippen LogP contribution < -0.4 is 0 Å². The normalized spacial score (nSPS) is 17.8. The fourth-order valence-electron chi connectivity index (χ4n) is 9.84. The third-order valence-electron chi connectivity index (χ3n) is 13.9. The van der Waals surface area contributed by atoms with Crippen molar-refractivity contribution in [2.45, 2.75) is 111 Å². The summed E-state index contributed by atoms with van der Waals surface area (Å²) in [5, 5.41) is 4.73. The van der Waals surface area contributed by atoms with Gasteiger partial charge < -0.3 is 19.0 Å². The van der Waals surface area contributed by atoms with E-state index in [9.17, 15) is 0 Å². The molecule has 1 aliphatic carbocycles. The molecule has 1 fully saturated rings. The monoisotopic (exact) mass is 982 g/mol. The summed E-state index contributed by atoms with van der Waals surface area (Å²) < 4.78 is 4.74. The number of rotatable bonds is 5. The minimum atomic E-state index is -0.214. The molecule has 0 N–H and O–H groups in total. The van der Waals surface area contributed by atoms with Crippen molar-refractivity contribution in [2.75, 3.05) is 6.54 Å². The van der Waals surface area contributed by atoms with Gasteiger partial charge in [-0.1, -0.05) is 133 Å². The summed E-state index contributed by atoms with van der Waals surface area (Å²) >= 11 is 0. The number of aliphatic imine (C=N–C) groups is 1. The molecule has 10 rings (SSSR count). The summed E-state index contributed by atoms with van der Waals surface area (Å²) in [5.41, 5.74) is 13.1. The van der Waals surface area contributed by atoms with E-state index < -0.39 is 0 Å². The summed E-state index contributed by atoms with van der Waals surface area (Å²) in [7, 11) is 0. The molecule has 0 bridgehead atoms. The molecule has 6 heteroatoms. The molecule has 61 heavy (non-hydrogen) atoms. The van der Waals surface area contributed by atoms with Gasteiger partial charge in [0, 0.05) is 40.9 Å². The fraction of sp³-hybridized carbons (Fsp3) is 0.345. The predicted octanol–water partition coefficient (Wildman–Crippen LogP) is 13.7. The van der Waals surface area contributed by atoms with Gasteiger partial charge in [-0.3, -0.25) is 0 Å². The molecule has 0 unspecified atom stereocenters. The Morgan fingerprint density at radius 1 is 0.689 bits per heavy atom. The van der Waals surface area contributed by atoms with Crippen LogP contribution in [0.25, 0.3) is 66.2 Å². The van der Waals surface area contributed by atoms with E-state index in [2.05, 4.69) is 179 Å². The van der Waals surface area contributed by atoms with Crippen LogP contribution in [0.4, 0.5) is 0 Å². The number of amidine groups is 1. The van der Waals surface area contributed by atoms with E-state index in [0.29, 0.717) is 6.04 Å². The van der Waals surface area contributed by atoms with E-state index in [-0.39, 0.29) is 37.4 Å². The van der Waals surface area contributed by atoms with Gasteiger partial charge in [-0.2, -0.15) is 6.07 Å². The smallest absolute Gasteiger partial charge is 0.391 e. The van der Waals surface area contributed by atoms with E-state index in [1.165, 1.54) is 70.5 Å². The molecular formula is C55H57N5Pt. The van der Waals surface area contributed by atoms with Gasteiger partial charge in [0.05, 0.1) is 11.1 Å². The molecule has 0 amide bonds. The van der Waals surface area contributed by atoms with Gasteiger partial charge in [0.2, 0.25) is 0 Å². The minimum absolute atomic E-state index is 0. The van der Waals surface area contributed by atoms with Crippen LogP contribution in [0, 0.1) is 31.4 Å². The van der Waals surface area contributed by atoms with Crippen molar-refractivity contribution in [2.24, 2.45) is 10.4 Å². The van der Waals surface area contributed by atoms with Crippen molar-refractivity contribution < 1.29 is 21.1 Å². The first-order valence-electron chi connectivity index (χ1n) is 22.1. The van der Waals surface area contributed by atoms with E-state index in [1.807, 2.05) is 12.3 Å². The second-order valence-electron chi connectivity index (χ2n) is 20.0. The molecule has 1 aliphatic heterocycles. The van der Waals surface area contributed by atoms with Crippen LogP contribution in [0.15, 0.2) is 108 Å². The van der Waals surface area contributed by atoms with Crippen molar-refractivity contribution in [3.8, 4) is 22.5 Å². The van der Waals surface area contributed by atoms with Crippen LogP contribution in [0.5, 0.6) is 0 Å². The molecular weight excluding hydrogens is 926 g/mol. The zero-order valence-corrected chi connectivity index (χ0v) is 39.5. The van der Waals surface area contributed by atoms with Crippen LogP contribution in [-0.2, 0) is 26.5 Å². The summed E-state index contributed by atoms with van der Waals surface area (Å²) in [6.45, 7) is 21.7. The van der Waals surface area contributed by atoms with Crippen molar-refractivity contribution in [3.63, 3.8) is 0 Å². The maximum absolute atomic E-state index is 5.73. The largest absolute Gasteiger partial charge is 2.00 e. The number of aromatic nitrogens is 3. The zero-order chi connectivity index (χ0) is 41.7. The Balaban J connectivity index is 0.00000476. The van der Waals surface area contributed by atoms with E-state index >= 15 is 0 Å². The van der Waals surface area contributed by atoms with Crippen LogP contribution in [0.2, 0.25) is 0 Å². The Hall–Kier alpha value is -4.99. The van der Waals surface area contributed by atoms with Gasteiger partial charge in [-0.15, -0.1) is 46.3 Å². The van der Waals surface area contributed by atoms with Crippen LogP contribution in [0.1, 0.15) is 103 Å². The molecule has 2 aliphatic rings. The third-order valence-corrected chi connectivity index (χ3v) is 13.9. The number of hydrogen-bond acceptors (Lipinski definition) is 3. The van der Waals surface area contributed by atoms with Gasteiger partial charge in [0.1, 0.15) is 5.65 Å². The van der Waals surface area contributed by atoms with Gasteiger partial charge in [-0.25, -0.2) is 4.98 Å². The van der Waals surface area contributed by atoms with Crippen molar-refractivity contribution in [3.05, 3.63) is 138 Å². The van der Waals surface area contributed by atoms with Crippen molar-refractivity contribution in [1.29, 1.82) is 0 Å².